The zero-order valence-corrected chi connectivity index (χ0v) is 14.7. The highest BCUT2D eigenvalue weighted by molar-refractivity contribution is 5.76. The number of ether oxygens (including phenoxy) is 1. The number of hydrogen-bond donors (Lipinski definition) is 0. The first kappa shape index (κ1) is 16.7. The van der Waals surface area contributed by atoms with E-state index in [1.54, 1.807) is 24.8 Å². The molecule has 3 aromatic rings. The van der Waals surface area contributed by atoms with E-state index in [1.165, 1.54) is 30.5 Å². The average Bonchev–Trinajstić information content (AvgIpc) is 3.20. The largest absolute Gasteiger partial charge is 0.494 e. The Bertz CT molecular complexity index is 930. The third-order valence-corrected chi connectivity index (χ3v) is 4.76. The molecule has 0 spiro atoms. The summed E-state index contributed by atoms with van der Waals surface area (Å²) in [6, 6.07) is 9.28. The normalized spacial score (nSPS) is 14.8. The molecule has 134 valence electrons. The maximum absolute atomic E-state index is 12.6. The van der Waals surface area contributed by atoms with Crippen LogP contribution in [0.25, 0.3) is 16.6 Å². The molecular weight excluding hydrogens is 328 g/mol. The quantitative estimate of drug-likeness (QED) is 0.640. The van der Waals surface area contributed by atoms with Crippen LogP contribution in [0.1, 0.15) is 19.3 Å². The standard InChI is InChI=1S/C20H22N4O2/c25-20-18-14-21-9-8-19(18)22-15-24(20)16-4-6-17(7-5-16)26-13-3-12-23-10-1-2-11-23/h4-9,14-15H,1-3,10-13H2. The first-order chi connectivity index (χ1) is 12.8. The second kappa shape index (κ2) is 7.66. The van der Waals surface area contributed by atoms with E-state index in [4.69, 9.17) is 4.74 Å². The molecule has 0 atom stereocenters. The lowest BCUT2D eigenvalue weighted by Gasteiger charge is -2.14. The van der Waals surface area contributed by atoms with Crippen molar-refractivity contribution in [1.29, 1.82) is 0 Å². The Morgan fingerprint density at radius 3 is 2.69 bits per heavy atom. The molecule has 4 rings (SSSR count). The summed E-state index contributed by atoms with van der Waals surface area (Å²) in [7, 11) is 0. The van der Waals surface area contributed by atoms with E-state index in [1.807, 2.05) is 24.3 Å². The lowest BCUT2D eigenvalue weighted by Crippen LogP contribution is -2.21. The van der Waals surface area contributed by atoms with Crippen LogP contribution in [0.2, 0.25) is 0 Å². The SMILES string of the molecule is O=c1c2cnccc2ncn1-c1ccc(OCCCN2CCCC2)cc1. The van der Waals surface area contributed by atoms with Crippen molar-refractivity contribution in [1.82, 2.24) is 19.4 Å². The van der Waals surface area contributed by atoms with Crippen LogP contribution in [0.5, 0.6) is 5.75 Å². The fourth-order valence-electron chi connectivity index (χ4n) is 3.34. The topological polar surface area (TPSA) is 60.3 Å². The molecule has 6 nitrogen and oxygen atoms in total. The zero-order valence-electron chi connectivity index (χ0n) is 14.7. The van der Waals surface area contributed by atoms with Gasteiger partial charge >= 0.3 is 0 Å². The molecule has 0 radical (unpaired) electrons. The van der Waals surface area contributed by atoms with Crippen molar-refractivity contribution in [3.05, 3.63) is 59.4 Å². The first-order valence-corrected chi connectivity index (χ1v) is 9.08. The predicted molar refractivity (Wildman–Crippen MR) is 101 cm³/mol. The molecule has 0 unspecified atom stereocenters. The van der Waals surface area contributed by atoms with Gasteiger partial charge in [0.1, 0.15) is 12.1 Å². The smallest absolute Gasteiger partial charge is 0.267 e. The van der Waals surface area contributed by atoms with E-state index < -0.39 is 0 Å². The monoisotopic (exact) mass is 350 g/mol. The number of benzene rings is 1. The maximum atomic E-state index is 12.6. The lowest BCUT2D eigenvalue weighted by atomic mass is 10.2. The summed E-state index contributed by atoms with van der Waals surface area (Å²) in [6.07, 6.45) is 8.41. The van der Waals surface area contributed by atoms with Crippen LogP contribution in [0.15, 0.2) is 53.8 Å². The molecule has 1 aliphatic rings. The Morgan fingerprint density at radius 1 is 1.08 bits per heavy atom. The molecule has 0 N–H and O–H groups in total. The average molecular weight is 350 g/mol. The van der Waals surface area contributed by atoms with E-state index in [0.717, 1.165) is 24.4 Å². The summed E-state index contributed by atoms with van der Waals surface area (Å²) in [6.45, 7) is 4.25. The fraction of sp³-hybridized carbons (Fsp3) is 0.350. The molecule has 0 amide bonds. The summed E-state index contributed by atoms with van der Waals surface area (Å²) >= 11 is 0. The summed E-state index contributed by atoms with van der Waals surface area (Å²) in [5, 5.41) is 0.511. The number of likely N-dealkylation sites (tertiary alicyclic amines) is 1. The van der Waals surface area contributed by atoms with Crippen molar-refractivity contribution in [2.45, 2.75) is 19.3 Å². The molecule has 6 heteroatoms. The Balaban J connectivity index is 1.41. The Hall–Kier alpha value is -2.73. The van der Waals surface area contributed by atoms with Crippen LogP contribution in [-0.4, -0.2) is 45.7 Å². The molecule has 26 heavy (non-hydrogen) atoms. The number of rotatable bonds is 6. The van der Waals surface area contributed by atoms with Gasteiger partial charge in [0.2, 0.25) is 0 Å². The minimum atomic E-state index is -0.123. The van der Waals surface area contributed by atoms with E-state index in [-0.39, 0.29) is 5.56 Å². The van der Waals surface area contributed by atoms with Gasteiger partial charge in [-0.1, -0.05) is 0 Å². The lowest BCUT2D eigenvalue weighted by molar-refractivity contribution is 0.263. The van der Waals surface area contributed by atoms with Crippen molar-refractivity contribution in [2.24, 2.45) is 0 Å². The second-order valence-electron chi connectivity index (χ2n) is 6.56. The van der Waals surface area contributed by atoms with Crippen LogP contribution in [0.4, 0.5) is 0 Å². The van der Waals surface area contributed by atoms with Gasteiger partial charge in [0.25, 0.3) is 5.56 Å². The van der Waals surface area contributed by atoms with E-state index in [9.17, 15) is 4.79 Å². The molecular formula is C20H22N4O2. The third kappa shape index (κ3) is 3.60. The third-order valence-electron chi connectivity index (χ3n) is 4.76. The van der Waals surface area contributed by atoms with Crippen molar-refractivity contribution < 1.29 is 4.74 Å². The highest BCUT2D eigenvalue weighted by Gasteiger charge is 2.10. The fourth-order valence-corrected chi connectivity index (χ4v) is 3.34. The molecule has 1 aliphatic heterocycles. The number of fused-ring (bicyclic) bond motifs is 1. The molecule has 1 aromatic carbocycles. The second-order valence-corrected chi connectivity index (χ2v) is 6.56. The zero-order chi connectivity index (χ0) is 17.8. The Morgan fingerprint density at radius 2 is 1.88 bits per heavy atom. The first-order valence-electron chi connectivity index (χ1n) is 9.08. The minimum absolute atomic E-state index is 0.123. The van der Waals surface area contributed by atoms with Gasteiger partial charge < -0.3 is 9.64 Å². The Labute approximate surface area is 152 Å². The van der Waals surface area contributed by atoms with Crippen molar-refractivity contribution >= 4 is 10.9 Å². The summed E-state index contributed by atoms with van der Waals surface area (Å²) in [4.78, 5) is 23.4. The molecule has 3 heterocycles. The molecule has 0 aliphatic carbocycles. The van der Waals surface area contributed by atoms with Gasteiger partial charge in [0.05, 0.1) is 23.2 Å². The van der Waals surface area contributed by atoms with E-state index in [2.05, 4.69) is 14.9 Å². The maximum Gasteiger partial charge on any atom is 0.267 e. The summed E-state index contributed by atoms with van der Waals surface area (Å²) in [5.74, 6) is 0.818. The summed E-state index contributed by atoms with van der Waals surface area (Å²) in [5.41, 5.74) is 1.29. The van der Waals surface area contributed by atoms with E-state index in [0.29, 0.717) is 17.5 Å². The van der Waals surface area contributed by atoms with Crippen LogP contribution in [-0.2, 0) is 0 Å². The van der Waals surface area contributed by atoms with Crippen LogP contribution in [0, 0.1) is 0 Å². The number of hydrogen-bond acceptors (Lipinski definition) is 5. The van der Waals surface area contributed by atoms with Gasteiger partial charge in [-0.15, -0.1) is 0 Å². The number of pyridine rings is 1. The van der Waals surface area contributed by atoms with Crippen LogP contribution in [0.3, 0.4) is 0 Å². The molecule has 0 bridgehead atoms. The van der Waals surface area contributed by atoms with Gasteiger partial charge in [-0.3, -0.25) is 14.3 Å². The van der Waals surface area contributed by atoms with Crippen LogP contribution >= 0.6 is 0 Å². The summed E-state index contributed by atoms with van der Waals surface area (Å²) < 4.78 is 7.35. The highest BCUT2D eigenvalue weighted by Crippen LogP contribution is 2.15. The Kier molecular flexibility index (Phi) is 4.93. The molecule has 2 aromatic heterocycles. The van der Waals surface area contributed by atoms with Crippen molar-refractivity contribution in [3.8, 4) is 11.4 Å². The predicted octanol–water partition coefficient (Wildman–Crippen LogP) is 2.65. The van der Waals surface area contributed by atoms with Crippen molar-refractivity contribution in [3.63, 3.8) is 0 Å². The van der Waals surface area contributed by atoms with E-state index >= 15 is 0 Å². The van der Waals surface area contributed by atoms with Gasteiger partial charge in [0, 0.05) is 18.9 Å². The molecule has 1 saturated heterocycles. The van der Waals surface area contributed by atoms with Gasteiger partial charge in [-0.25, -0.2) is 4.98 Å². The van der Waals surface area contributed by atoms with Gasteiger partial charge in [-0.2, -0.15) is 0 Å². The number of aromatic nitrogens is 3. The van der Waals surface area contributed by atoms with Crippen LogP contribution < -0.4 is 10.3 Å². The highest BCUT2D eigenvalue weighted by atomic mass is 16.5. The minimum Gasteiger partial charge on any atom is -0.494 e. The van der Waals surface area contributed by atoms with Crippen molar-refractivity contribution in [2.75, 3.05) is 26.2 Å². The van der Waals surface area contributed by atoms with Gasteiger partial charge in [-0.05, 0) is 62.7 Å². The number of nitrogens with zero attached hydrogens (tertiary/aromatic N) is 4. The molecule has 1 fully saturated rings. The van der Waals surface area contributed by atoms with Gasteiger partial charge in [0.15, 0.2) is 0 Å². The molecule has 0 saturated carbocycles.